The van der Waals surface area contributed by atoms with Gasteiger partial charge in [0, 0.05) is 13.1 Å². The van der Waals surface area contributed by atoms with E-state index < -0.39 is 5.97 Å². The summed E-state index contributed by atoms with van der Waals surface area (Å²) in [7, 11) is 0. The highest BCUT2D eigenvalue weighted by Crippen LogP contribution is 2.23. The van der Waals surface area contributed by atoms with Gasteiger partial charge in [0.2, 0.25) is 5.91 Å². The van der Waals surface area contributed by atoms with Crippen molar-refractivity contribution in [3.05, 3.63) is 22.9 Å². The fourth-order valence-electron chi connectivity index (χ4n) is 1.99. The number of pyridine rings is 1. The van der Waals surface area contributed by atoms with Crippen LogP contribution in [-0.4, -0.2) is 47.2 Å². The largest absolute Gasteiger partial charge is 0.462 e. The molecule has 0 spiro atoms. The first-order valence-corrected chi connectivity index (χ1v) is 8.46. The molecule has 0 saturated carbocycles. The number of amides is 1. The Morgan fingerprint density at radius 3 is 2.52 bits per heavy atom. The minimum Gasteiger partial charge on any atom is -0.462 e. The molecule has 0 fully saturated rings. The zero-order chi connectivity index (χ0) is 17.4. The van der Waals surface area contributed by atoms with Crippen LogP contribution in [0.15, 0.2) is 11.1 Å². The molecule has 6 nitrogen and oxygen atoms in total. The molecule has 0 saturated heterocycles. The molecule has 0 aliphatic rings. The number of carbonyl (C=O) groups excluding carboxylic acids is 2. The van der Waals surface area contributed by atoms with Crippen molar-refractivity contribution in [2.45, 2.75) is 32.7 Å². The first-order chi connectivity index (χ1) is 11.0. The van der Waals surface area contributed by atoms with E-state index in [1.807, 2.05) is 19.9 Å². The smallest absolute Gasteiger partial charge is 0.340 e. The van der Waals surface area contributed by atoms with Crippen LogP contribution in [0.4, 0.5) is 0 Å². The number of rotatable bonds is 7. The fraction of sp³-hybridized carbons (Fsp3) is 0.500. The SMILES string of the molecule is CCOC(=O)c1cc(C#N)c(SCC(=O)N(CC)CC)nc1C. The molecule has 0 aliphatic carbocycles. The second kappa shape index (κ2) is 9.16. The molecular weight excluding hydrogens is 314 g/mol. The number of aryl methyl sites for hydroxylation is 1. The number of hydrogen-bond donors (Lipinski definition) is 0. The van der Waals surface area contributed by atoms with E-state index in [4.69, 9.17) is 4.74 Å². The Morgan fingerprint density at radius 1 is 1.35 bits per heavy atom. The van der Waals surface area contributed by atoms with Gasteiger partial charge in [-0.2, -0.15) is 5.26 Å². The Bertz CT molecular complexity index is 622. The first kappa shape index (κ1) is 19.0. The summed E-state index contributed by atoms with van der Waals surface area (Å²) in [5.41, 5.74) is 1.04. The predicted octanol–water partition coefficient (Wildman–Crippen LogP) is 2.40. The summed E-state index contributed by atoms with van der Waals surface area (Å²) in [6, 6.07) is 3.50. The average molecular weight is 335 g/mol. The van der Waals surface area contributed by atoms with Crippen LogP contribution in [0, 0.1) is 18.3 Å². The van der Waals surface area contributed by atoms with Crippen LogP contribution in [0.5, 0.6) is 0 Å². The Morgan fingerprint density at radius 2 is 2.00 bits per heavy atom. The molecular formula is C16H21N3O3S. The molecule has 0 bridgehead atoms. The standard InChI is InChI=1S/C16H21N3O3S/c1-5-19(6-2)14(20)10-23-15-12(9-17)8-13(11(4)18-15)16(21)22-7-3/h8H,5-7,10H2,1-4H3. The zero-order valence-electron chi connectivity index (χ0n) is 13.9. The van der Waals surface area contributed by atoms with Crippen LogP contribution in [0.1, 0.15) is 42.4 Å². The van der Waals surface area contributed by atoms with Gasteiger partial charge < -0.3 is 9.64 Å². The number of aromatic nitrogens is 1. The second-order valence-corrected chi connectivity index (χ2v) is 5.63. The van der Waals surface area contributed by atoms with Crippen LogP contribution < -0.4 is 0 Å². The maximum Gasteiger partial charge on any atom is 0.340 e. The normalized spacial score (nSPS) is 10.0. The van der Waals surface area contributed by atoms with Crippen molar-refractivity contribution < 1.29 is 14.3 Å². The Balaban J connectivity index is 2.96. The number of nitriles is 1. The van der Waals surface area contributed by atoms with Crippen molar-refractivity contribution in [1.29, 1.82) is 5.26 Å². The van der Waals surface area contributed by atoms with Gasteiger partial charge in [-0.1, -0.05) is 11.8 Å². The summed E-state index contributed by atoms with van der Waals surface area (Å²) in [5.74, 6) is -0.288. The third-order valence-corrected chi connectivity index (χ3v) is 4.22. The molecule has 124 valence electrons. The Kier molecular flexibility index (Phi) is 7.55. The number of esters is 1. The molecule has 1 rings (SSSR count). The molecule has 0 unspecified atom stereocenters. The average Bonchev–Trinajstić information content (AvgIpc) is 2.54. The van der Waals surface area contributed by atoms with Gasteiger partial charge in [0.25, 0.3) is 0 Å². The summed E-state index contributed by atoms with van der Waals surface area (Å²) >= 11 is 1.21. The molecule has 1 aromatic rings. The highest BCUT2D eigenvalue weighted by Gasteiger charge is 2.18. The van der Waals surface area contributed by atoms with Crippen LogP contribution in [0.2, 0.25) is 0 Å². The third-order valence-electron chi connectivity index (χ3n) is 3.24. The molecule has 0 aliphatic heterocycles. The van der Waals surface area contributed by atoms with Gasteiger partial charge in [-0.05, 0) is 33.8 Å². The molecule has 0 radical (unpaired) electrons. The van der Waals surface area contributed by atoms with Crippen molar-refractivity contribution in [2.24, 2.45) is 0 Å². The molecule has 0 N–H and O–H groups in total. The Hall–Kier alpha value is -2.07. The third kappa shape index (κ3) is 4.96. The van der Waals surface area contributed by atoms with Gasteiger partial charge in [-0.15, -0.1) is 0 Å². The molecule has 0 atom stereocenters. The van der Waals surface area contributed by atoms with E-state index in [-0.39, 0.29) is 29.4 Å². The highest BCUT2D eigenvalue weighted by atomic mass is 32.2. The summed E-state index contributed by atoms with van der Waals surface area (Å²) in [6.07, 6.45) is 0. The predicted molar refractivity (Wildman–Crippen MR) is 88.3 cm³/mol. The number of hydrogen-bond acceptors (Lipinski definition) is 6. The van der Waals surface area contributed by atoms with Gasteiger partial charge in [-0.25, -0.2) is 9.78 Å². The summed E-state index contributed by atoms with van der Waals surface area (Å²) in [6.45, 7) is 8.80. The number of nitrogens with zero attached hydrogens (tertiary/aromatic N) is 3. The monoisotopic (exact) mass is 335 g/mol. The minimum absolute atomic E-state index is 0.00203. The van der Waals surface area contributed by atoms with Crippen molar-refractivity contribution in [1.82, 2.24) is 9.88 Å². The highest BCUT2D eigenvalue weighted by molar-refractivity contribution is 7.99. The van der Waals surface area contributed by atoms with Crippen LogP contribution in [0.3, 0.4) is 0 Å². The van der Waals surface area contributed by atoms with Gasteiger partial charge in [0.05, 0.1) is 29.2 Å². The lowest BCUT2D eigenvalue weighted by atomic mass is 10.1. The van der Waals surface area contributed by atoms with E-state index in [0.29, 0.717) is 23.8 Å². The zero-order valence-corrected chi connectivity index (χ0v) is 14.7. The molecule has 0 aromatic carbocycles. The fourth-order valence-corrected chi connectivity index (χ4v) is 2.89. The molecule has 1 heterocycles. The quantitative estimate of drug-likeness (QED) is 0.562. The maximum absolute atomic E-state index is 12.0. The Labute approximate surface area is 140 Å². The van der Waals surface area contributed by atoms with Crippen molar-refractivity contribution in [3.63, 3.8) is 0 Å². The lowest BCUT2D eigenvalue weighted by molar-refractivity contribution is -0.127. The minimum atomic E-state index is -0.496. The molecule has 23 heavy (non-hydrogen) atoms. The molecule has 1 aromatic heterocycles. The van der Waals surface area contributed by atoms with Crippen molar-refractivity contribution in [3.8, 4) is 6.07 Å². The first-order valence-electron chi connectivity index (χ1n) is 7.47. The van der Waals surface area contributed by atoms with Gasteiger partial charge in [-0.3, -0.25) is 4.79 Å². The van der Waals surface area contributed by atoms with E-state index in [9.17, 15) is 14.9 Å². The van der Waals surface area contributed by atoms with Gasteiger partial charge in [0.15, 0.2) is 0 Å². The second-order valence-electron chi connectivity index (χ2n) is 4.66. The van der Waals surface area contributed by atoms with E-state index in [0.717, 1.165) is 0 Å². The van der Waals surface area contributed by atoms with Gasteiger partial charge >= 0.3 is 5.97 Å². The lowest BCUT2D eigenvalue weighted by Gasteiger charge is -2.18. The summed E-state index contributed by atoms with van der Waals surface area (Å²) in [5, 5.41) is 9.72. The van der Waals surface area contributed by atoms with E-state index in [1.165, 1.54) is 17.8 Å². The number of ether oxygens (including phenoxy) is 1. The van der Waals surface area contributed by atoms with Crippen LogP contribution in [0.25, 0.3) is 0 Å². The lowest BCUT2D eigenvalue weighted by Crippen LogP contribution is -2.31. The summed E-state index contributed by atoms with van der Waals surface area (Å²) in [4.78, 5) is 29.9. The molecule has 1 amide bonds. The van der Waals surface area contributed by atoms with Crippen LogP contribution >= 0.6 is 11.8 Å². The number of carbonyl (C=O) groups is 2. The van der Waals surface area contributed by atoms with Crippen molar-refractivity contribution in [2.75, 3.05) is 25.4 Å². The maximum atomic E-state index is 12.0. The van der Waals surface area contributed by atoms with Gasteiger partial charge in [0.1, 0.15) is 11.1 Å². The van der Waals surface area contributed by atoms with E-state index >= 15 is 0 Å². The summed E-state index contributed by atoms with van der Waals surface area (Å²) < 4.78 is 4.95. The number of thioether (sulfide) groups is 1. The van der Waals surface area contributed by atoms with Crippen LogP contribution in [-0.2, 0) is 9.53 Å². The topological polar surface area (TPSA) is 83.3 Å². The molecule has 7 heteroatoms. The van der Waals surface area contributed by atoms with Crippen molar-refractivity contribution >= 4 is 23.6 Å². The van der Waals surface area contributed by atoms with E-state index in [2.05, 4.69) is 4.98 Å². The van der Waals surface area contributed by atoms with E-state index in [1.54, 1.807) is 18.7 Å².